The van der Waals surface area contributed by atoms with Gasteiger partial charge in [-0.1, -0.05) is 18.2 Å². The zero-order chi connectivity index (χ0) is 15.8. The highest BCUT2D eigenvalue weighted by atomic mass is 32.1. The highest BCUT2D eigenvalue weighted by Gasteiger charge is 2.05. The molecule has 0 spiro atoms. The van der Waals surface area contributed by atoms with E-state index in [0.29, 0.717) is 18.7 Å². The second-order valence-electron chi connectivity index (χ2n) is 4.62. The van der Waals surface area contributed by atoms with E-state index >= 15 is 0 Å². The van der Waals surface area contributed by atoms with Crippen LogP contribution >= 0.6 is 11.3 Å². The molecule has 0 saturated carbocycles. The fourth-order valence-electron chi connectivity index (χ4n) is 1.87. The number of carbonyl (C=O) groups excluding carboxylic acids is 2. The third-order valence-corrected chi connectivity index (χ3v) is 3.73. The van der Waals surface area contributed by atoms with Crippen LogP contribution in [-0.2, 0) is 22.6 Å². The van der Waals surface area contributed by atoms with Gasteiger partial charge in [-0.15, -0.1) is 11.3 Å². The molecule has 2 N–H and O–H groups in total. The smallest absolute Gasteiger partial charge is 0.238 e. The lowest BCUT2D eigenvalue weighted by Crippen LogP contribution is -2.24. The average Bonchev–Trinajstić information content (AvgIpc) is 2.98. The molecule has 112 valence electrons. The number of amides is 2. The van der Waals surface area contributed by atoms with Crippen LogP contribution in [0, 0.1) is 11.3 Å². The van der Waals surface area contributed by atoms with Gasteiger partial charge in [-0.25, -0.2) is 0 Å². The van der Waals surface area contributed by atoms with Gasteiger partial charge in [0, 0.05) is 17.1 Å². The van der Waals surface area contributed by atoms with Crippen molar-refractivity contribution in [2.45, 2.75) is 19.4 Å². The van der Waals surface area contributed by atoms with Crippen LogP contribution in [0.4, 0.5) is 5.69 Å². The summed E-state index contributed by atoms with van der Waals surface area (Å²) in [6.07, 6.45) is 0.193. The number of carbonyl (C=O) groups is 2. The summed E-state index contributed by atoms with van der Waals surface area (Å²) in [5.74, 6) is -0.386. The van der Waals surface area contributed by atoms with E-state index in [9.17, 15) is 9.59 Å². The van der Waals surface area contributed by atoms with Crippen LogP contribution in [0.5, 0.6) is 0 Å². The fourth-order valence-corrected chi connectivity index (χ4v) is 2.57. The maximum Gasteiger partial charge on any atom is 0.238 e. The average molecular weight is 313 g/mol. The van der Waals surface area contributed by atoms with Crippen LogP contribution in [0.2, 0.25) is 0 Å². The van der Waals surface area contributed by atoms with Crippen LogP contribution in [0.15, 0.2) is 41.8 Å². The van der Waals surface area contributed by atoms with Gasteiger partial charge in [0.1, 0.15) is 6.42 Å². The summed E-state index contributed by atoms with van der Waals surface area (Å²) in [4.78, 5) is 24.2. The molecule has 0 unspecified atom stereocenters. The molecule has 1 heterocycles. The Balaban J connectivity index is 1.86. The SMILES string of the molecule is N#CCC(=O)Nc1cccc(CNC(=O)Cc2cccs2)c1. The number of thiophene rings is 1. The Morgan fingerprint density at radius 1 is 1.18 bits per heavy atom. The Labute approximate surface area is 132 Å². The van der Waals surface area contributed by atoms with Crippen molar-refractivity contribution in [1.29, 1.82) is 5.26 Å². The Morgan fingerprint density at radius 3 is 2.77 bits per heavy atom. The number of rotatable bonds is 6. The van der Waals surface area contributed by atoms with E-state index < -0.39 is 0 Å². The van der Waals surface area contributed by atoms with Gasteiger partial charge in [-0.3, -0.25) is 9.59 Å². The first-order chi connectivity index (χ1) is 10.7. The van der Waals surface area contributed by atoms with E-state index in [1.807, 2.05) is 23.6 Å². The highest BCUT2D eigenvalue weighted by molar-refractivity contribution is 7.10. The summed E-state index contributed by atoms with van der Waals surface area (Å²) >= 11 is 1.55. The lowest BCUT2D eigenvalue weighted by Gasteiger charge is -2.07. The minimum absolute atomic E-state index is 0.0404. The number of benzene rings is 1. The molecule has 0 radical (unpaired) electrons. The maximum atomic E-state index is 11.8. The molecule has 22 heavy (non-hydrogen) atoms. The molecule has 0 aliphatic heterocycles. The fraction of sp³-hybridized carbons (Fsp3) is 0.188. The van der Waals surface area contributed by atoms with Gasteiger partial charge in [0.15, 0.2) is 0 Å². The van der Waals surface area contributed by atoms with Crippen molar-refractivity contribution < 1.29 is 9.59 Å². The Kier molecular flexibility index (Phi) is 5.69. The highest BCUT2D eigenvalue weighted by Crippen LogP contribution is 2.12. The third-order valence-electron chi connectivity index (χ3n) is 2.85. The summed E-state index contributed by atoms with van der Waals surface area (Å²) in [6, 6.07) is 12.8. The zero-order valence-corrected chi connectivity index (χ0v) is 12.7. The lowest BCUT2D eigenvalue weighted by molar-refractivity contribution is -0.120. The molecule has 6 heteroatoms. The van der Waals surface area contributed by atoms with Crippen molar-refractivity contribution in [2.75, 3.05) is 5.32 Å². The van der Waals surface area contributed by atoms with Gasteiger partial charge in [0.05, 0.1) is 12.5 Å². The second-order valence-corrected chi connectivity index (χ2v) is 5.65. The quantitative estimate of drug-likeness (QED) is 0.859. The number of hydrogen-bond donors (Lipinski definition) is 2. The van der Waals surface area contributed by atoms with E-state index in [-0.39, 0.29) is 18.2 Å². The molecule has 0 fully saturated rings. The Hall–Kier alpha value is -2.65. The van der Waals surface area contributed by atoms with Crippen molar-refractivity contribution in [2.24, 2.45) is 0 Å². The largest absolute Gasteiger partial charge is 0.352 e. The molecule has 0 aliphatic rings. The van der Waals surface area contributed by atoms with Crippen molar-refractivity contribution >= 4 is 28.8 Å². The van der Waals surface area contributed by atoms with Gasteiger partial charge in [-0.2, -0.15) is 5.26 Å². The van der Waals surface area contributed by atoms with Crippen LogP contribution < -0.4 is 10.6 Å². The van der Waals surface area contributed by atoms with Crippen LogP contribution in [-0.4, -0.2) is 11.8 Å². The van der Waals surface area contributed by atoms with E-state index in [0.717, 1.165) is 10.4 Å². The van der Waals surface area contributed by atoms with Gasteiger partial charge in [-0.05, 0) is 29.1 Å². The van der Waals surface area contributed by atoms with Gasteiger partial charge in [0.2, 0.25) is 11.8 Å². The number of nitriles is 1. The topological polar surface area (TPSA) is 82.0 Å². The van der Waals surface area contributed by atoms with Gasteiger partial charge < -0.3 is 10.6 Å². The second kappa shape index (κ2) is 7.96. The molecular weight excluding hydrogens is 298 g/mol. The molecule has 1 aromatic heterocycles. The summed E-state index contributed by atoms with van der Waals surface area (Å²) in [6.45, 7) is 0.395. The molecule has 2 rings (SSSR count). The number of hydrogen-bond acceptors (Lipinski definition) is 4. The summed E-state index contributed by atoms with van der Waals surface area (Å²) in [5.41, 5.74) is 1.50. The molecule has 2 aromatic rings. The monoisotopic (exact) mass is 313 g/mol. The molecule has 5 nitrogen and oxygen atoms in total. The van der Waals surface area contributed by atoms with Crippen LogP contribution in [0.1, 0.15) is 16.9 Å². The van der Waals surface area contributed by atoms with Crippen LogP contribution in [0.25, 0.3) is 0 Å². The summed E-state index contributed by atoms with van der Waals surface area (Å²) in [5, 5.41) is 15.9. The molecular formula is C16H15N3O2S. The minimum atomic E-state index is -0.346. The molecule has 0 aliphatic carbocycles. The molecule has 0 bridgehead atoms. The van der Waals surface area contributed by atoms with E-state index in [4.69, 9.17) is 5.26 Å². The van der Waals surface area contributed by atoms with E-state index in [1.165, 1.54) is 0 Å². The minimum Gasteiger partial charge on any atom is -0.352 e. The predicted molar refractivity (Wildman–Crippen MR) is 85.2 cm³/mol. The van der Waals surface area contributed by atoms with Crippen LogP contribution in [0.3, 0.4) is 0 Å². The number of nitrogens with one attached hydrogen (secondary N) is 2. The number of nitrogens with zero attached hydrogens (tertiary/aromatic N) is 1. The van der Waals surface area contributed by atoms with Crippen molar-refractivity contribution in [3.05, 3.63) is 52.2 Å². The van der Waals surface area contributed by atoms with Gasteiger partial charge >= 0.3 is 0 Å². The maximum absolute atomic E-state index is 11.8. The molecule has 1 aromatic carbocycles. The zero-order valence-electron chi connectivity index (χ0n) is 11.8. The van der Waals surface area contributed by atoms with Crippen molar-refractivity contribution in [3.63, 3.8) is 0 Å². The molecule has 2 amide bonds. The van der Waals surface area contributed by atoms with E-state index in [1.54, 1.807) is 35.6 Å². The normalized spacial score (nSPS) is 9.77. The van der Waals surface area contributed by atoms with Crippen molar-refractivity contribution in [1.82, 2.24) is 5.32 Å². The standard InChI is InChI=1S/C16H15N3O2S/c17-7-6-15(20)19-13-4-1-3-12(9-13)11-18-16(21)10-14-5-2-8-22-14/h1-5,8-9H,6,10-11H2,(H,18,21)(H,19,20). The first-order valence-corrected chi connectivity index (χ1v) is 7.60. The molecule has 0 saturated heterocycles. The third kappa shape index (κ3) is 5.04. The summed E-state index contributed by atoms with van der Waals surface area (Å²) in [7, 11) is 0. The first kappa shape index (κ1) is 15.7. The lowest BCUT2D eigenvalue weighted by atomic mass is 10.2. The summed E-state index contributed by atoms with van der Waals surface area (Å²) < 4.78 is 0. The predicted octanol–water partition coefficient (Wildman–Crippen LogP) is 2.46. The Morgan fingerprint density at radius 2 is 2.05 bits per heavy atom. The van der Waals surface area contributed by atoms with Crippen molar-refractivity contribution in [3.8, 4) is 6.07 Å². The first-order valence-electron chi connectivity index (χ1n) is 6.72. The Bertz CT molecular complexity index is 690. The number of anilines is 1. The van der Waals surface area contributed by atoms with Gasteiger partial charge in [0.25, 0.3) is 0 Å². The molecule has 0 atom stereocenters. The van der Waals surface area contributed by atoms with E-state index in [2.05, 4.69) is 10.6 Å².